The molecular formula is C34H43FN6O7. The number of halogens is 1. The van der Waals surface area contributed by atoms with Gasteiger partial charge in [-0.2, -0.15) is 0 Å². The number of hydrogen-bond acceptors (Lipinski definition) is 7. The van der Waals surface area contributed by atoms with Crippen LogP contribution in [0.25, 0.3) is 0 Å². The lowest BCUT2D eigenvalue weighted by Gasteiger charge is -2.26. The summed E-state index contributed by atoms with van der Waals surface area (Å²) in [4.78, 5) is 79.7. The second-order valence-electron chi connectivity index (χ2n) is 12.5. The molecule has 6 amide bonds. The van der Waals surface area contributed by atoms with Crippen LogP contribution in [-0.4, -0.2) is 76.7 Å². The van der Waals surface area contributed by atoms with E-state index in [-0.39, 0.29) is 37.6 Å². The van der Waals surface area contributed by atoms with Crippen molar-refractivity contribution in [2.75, 3.05) is 13.2 Å². The van der Waals surface area contributed by atoms with Crippen LogP contribution >= 0.6 is 0 Å². The van der Waals surface area contributed by atoms with E-state index in [1.807, 2.05) is 24.3 Å². The highest BCUT2D eigenvalue weighted by molar-refractivity contribution is 5.93. The number of hydrogen-bond donors (Lipinski definition) is 6. The van der Waals surface area contributed by atoms with Gasteiger partial charge in [0.2, 0.25) is 35.4 Å². The van der Waals surface area contributed by atoms with Crippen LogP contribution in [0.4, 0.5) is 4.39 Å². The van der Waals surface area contributed by atoms with Gasteiger partial charge in [-0.25, -0.2) is 4.39 Å². The van der Waals surface area contributed by atoms with Crippen LogP contribution < -0.4 is 26.6 Å². The molecule has 2 fully saturated rings. The zero-order chi connectivity index (χ0) is 34.8. The zero-order valence-corrected chi connectivity index (χ0v) is 27.1. The van der Waals surface area contributed by atoms with Gasteiger partial charge in [-0.1, -0.05) is 50.2 Å². The van der Waals surface area contributed by atoms with Crippen LogP contribution in [0.1, 0.15) is 68.7 Å². The predicted octanol–water partition coefficient (Wildman–Crippen LogP) is 0.708. The van der Waals surface area contributed by atoms with Gasteiger partial charge in [-0.15, -0.1) is 0 Å². The first-order valence-electron chi connectivity index (χ1n) is 16.1. The van der Waals surface area contributed by atoms with E-state index in [9.17, 15) is 38.3 Å². The Morgan fingerprint density at radius 3 is 2.21 bits per heavy atom. The first-order chi connectivity index (χ1) is 22.9. The van der Waals surface area contributed by atoms with Gasteiger partial charge in [0.05, 0.1) is 19.1 Å². The molecule has 4 atom stereocenters. The molecule has 258 valence electrons. The molecule has 0 spiro atoms. The minimum absolute atomic E-state index is 0.0918. The van der Waals surface area contributed by atoms with Crippen LogP contribution in [0.2, 0.25) is 0 Å². The predicted molar refractivity (Wildman–Crippen MR) is 172 cm³/mol. The summed E-state index contributed by atoms with van der Waals surface area (Å²) in [5.74, 6) is -4.02. The van der Waals surface area contributed by atoms with E-state index in [0.29, 0.717) is 18.5 Å². The Balaban J connectivity index is 1.51. The van der Waals surface area contributed by atoms with E-state index in [4.69, 9.17) is 0 Å². The Hall–Kier alpha value is -4.85. The highest BCUT2D eigenvalue weighted by Crippen LogP contribution is 2.19. The number of amides is 6. The molecule has 6 N–H and O–H groups in total. The summed E-state index contributed by atoms with van der Waals surface area (Å²) in [6.07, 6.45) is 0.742. The van der Waals surface area contributed by atoms with Crippen LogP contribution in [0.15, 0.2) is 48.5 Å². The molecule has 2 aromatic rings. The third-order valence-electron chi connectivity index (χ3n) is 8.41. The Kier molecular flexibility index (Phi) is 12.6. The molecule has 0 bridgehead atoms. The number of aliphatic hydroxyl groups is 1. The number of rotatable bonds is 8. The minimum Gasteiger partial charge on any atom is -0.394 e. The van der Waals surface area contributed by atoms with E-state index >= 15 is 0 Å². The highest BCUT2D eigenvalue weighted by Gasteiger charge is 2.32. The van der Waals surface area contributed by atoms with E-state index < -0.39 is 66.1 Å². The third-order valence-corrected chi connectivity index (χ3v) is 8.41. The molecule has 2 aromatic carbocycles. The number of likely N-dealkylation sites (tertiary alicyclic amines) is 1. The average molecular weight is 667 g/mol. The largest absolute Gasteiger partial charge is 0.394 e. The monoisotopic (exact) mass is 666 g/mol. The first-order valence-corrected chi connectivity index (χ1v) is 16.1. The van der Waals surface area contributed by atoms with Crippen molar-refractivity contribution < 1.29 is 38.3 Å². The number of aliphatic hydroxyl groups excluding tert-OH is 1. The van der Waals surface area contributed by atoms with Gasteiger partial charge in [0.25, 0.3) is 0 Å². The van der Waals surface area contributed by atoms with Crippen molar-refractivity contribution in [3.8, 4) is 0 Å². The fraction of sp³-hybridized carbons (Fsp3) is 0.471. The smallest absolute Gasteiger partial charge is 0.245 e. The van der Waals surface area contributed by atoms with Gasteiger partial charge in [-0.3, -0.25) is 28.8 Å². The van der Waals surface area contributed by atoms with Gasteiger partial charge >= 0.3 is 0 Å². The fourth-order valence-electron chi connectivity index (χ4n) is 5.61. The maximum Gasteiger partial charge on any atom is 0.245 e. The molecule has 0 radical (unpaired) electrons. The van der Waals surface area contributed by atoms with Crippen molar-refractivity contribution in [1.82, 2.24) is 31.5 Å². The number of carbonyl (C=O) groups is 6. The standard InChI is InChI=1S/C34H43FN6O7/c1-20(2)31-34(48)39-27(19-42)33(47)38-26(23-9-11-24(35)12-10-23)16-29(44)37-25(13-14-28(43)40-31)32(46)36-17-21-5-7-22(8-6-21)18-41-15-3-4-30(41)45/h5-12,20,25-27,31,42H,3-4,13-19H2,1-2H3,(H,36,46)(H,37,44)(H,38,47)(H,39,48)(H,40,43)/t25-,26+,27-,31+/m0/s1. The summed E-state index contributed by atoms with van der Waals surface area (Å²) < 4.78 is 13.7. The lowest BCUT2D eigenvalue weighted by atomic mass is 10.0. The molecule has 2 aliphatic rings. The second-order valence-corrected chi connectivity index (χ2v) is 12.5. The minimum atomic E-state index is -1.40. The Labute approximate surface area is 278 Å². The van der Waals surface area contributed by atoms with Crippen molar-refractivity contribution in [1.29, 1.82) is 0 Å². The van der Waals surface area contributed by atoms with E-state index in [0.717, 1.165) is 24.1 Å². The summed E-state index contributed by atoms with van der Waals surface area (Å²) in [5.41, 5.74) is 2.12. The average Bonchev–Trinajstić information content (AvgIpc) is 3.46. The number of benzene rings is 2. The van der Waals surface area contributed by atoms with Gasteiger partial charge in [-0.05, 0) is 47.6 Å². The molecule has 48 heavy (non-hydrogen) atoms. The van der Waals surface area contributed by atoms with Gasteiger partial charge in [0, 0.05) is 32.5 Å². The third kappa shape index (κ3) is 10.1. The summed E-state index contributed by atoms with van der Waals surface area (Å²) in [6.45, 7) is 4.02. The molecule has 0 aliphatic carbocycles. The molecular weight excluding hydrogens is 623 g/mol. The molecule has 0 aromatic heterocycles. The van der Waals surface area contributed by atoms with Gasteiger partial charge < -0.3 is 36.6 Å². The molecule has 2 heterocycles. The molecule has 0 saturated carbocycles. The molecule has 2 aliphatic heterocycles. The summed E-state index contributed by atoms with van der Waals surface area (Å²) in [5, 5.41) is 23.1. The van der Waals surface area contributed by atoms with Crippen LogP contribution in [0.3, 0.4) is 0 Å². The summed E-state index contributed by atoms with van der Waals surface area (Å²) >= 11 is 0. The lowest BCUT2D eigenvalue weighted by Crippen LogP contribution is -2.56. The van der Waals surface area contributed by atoms with Crippen molar-refractivity contribution >= 4 is 35.4 Å². The molecule has 2 saturated heterocycles. The van der Waals surface area contributed by atoms with Crippen LogP contribution in [0, 0.1) is 11.7 Å². The number of nitrogens with one attached hydrogen (secondary N) is 5. The Morgan fingerprint density at radius 1 is 0.896 bits per heavy atom. The van der Waals surface area contributed by atoms with Crippen molar-refractivity contribution in [3.05, 3.63) is 71.0 Å². The summed E-state index contributed by atoms with van der Waals surface area (Å²) in [7, 11) is 0. The van der Waals surface area contributed by atoms with Crippen molar-refractivity contribution in [3.63, 3.8) is 0 Å². The van der Waals surface area contributed by atoms with E-state index in [1.165, 1.54) is 24.3 Å². The number of nitrogens with zero attached hydrogens (tertiary/aromatic N) is 1. The van der Waals surface area contributed by atoms with Crippen molar-refractivity contribution in [2.45, 2.75) is 83.2 Å². The highest BCUT2D eigenvalue weighted by atomic mass is 19.1. The Morgan fingerprint density at radius 2 is 1.58 bits per heavy atom. The van der Waals surface area contributed by atoms with Crippen molar-refractivity contribution in [2.24, 2.45) is 5.92 Å². The lowest BCUT2D eigenvalue weighted by molar-refractivity contribution is -0.134. The van der Waals surface area contributed by atoms with E-state index in [2.05, 4.69) is 26.6 Å². The first kappa shape index (κ1) is 36.0. The molecule has 14 heteroatoms. The van der Waals surface area contributed by atoms with E-state index in [1.54, 1.807) is 18.7 Å². The topological polar surface area (TPSA) is 186 Å². The van der Waals surface area contributed by atoms with Gasteiger partial charge in [0.1, 0.15) is 23.9 Å². The van der Waals surface area contributed by atoms with Crippen LogP contribution in [-0.2, 0) is 41.9 Å². The molecule has 0 unspecified atom stereocenters. The second kappa shape index (κ2) is 16.8. The Bertz CT molecular complexity index is 1480. The molecule has 13 nitrogen and oxygen atoms in total. The summed E-state index contributed by atoms with van der Waals surface area (Å²) in [6, 6.07) is 7.96. The SMILES string of the molecule is CC(C)[C@H]1NC(=O)CC[C@@H](C(=O)NCc2ccc(CN3CCCC3=O)cc2)NC(=O)C[C@H](c2ccc(F)cc2)NC(=O)[C@H](CO)NC1=O. The number of carbonyl (C=O) groups excluding carboxylic acids is 6. The maximum atomic E-state index is 13.7. The van der Waals surface area contributed by atoms with Crippen LogP contribution in [0.5, 0.6) is 0 Å². The fourth-order valence-corrected chi connectivity index (χ4v) is 5.61. The zero-order valence-electron chi connectivity index (χ0n) is 27.1. The maximum absolute atomic E-state index is 13.7. The molecule has 4 rings (SSSR count). The van der Waals surface area contributed by atoms with Gasteiger partial charge in [0.15, 0.2) is 0 Å². The normalized spacial score (nSPS) is 23.0. The quantitative estimate of drug-likeness (QED) is 0.240.